The number of methoxy groups -OCH3 is 1. The molecular formula is C25H27N3O4. The first-order valence-electron chi connectivity index (χ1n) is 11.8. The molecule has 0 radical (unpaired) electrons. The van der Waals surface area contributed by atoms with Crippen LogP contribution < -0.4 is 5.32 Å². The number of ether oxygens (including phenoxy) is 1. The molecule has 1 N–H and O–H groups in total. The fourth-order valence-corrected chi connectivity index (χ4v) is 7.00. The minimum Gasteiger partial charge on any atom is -0.463 e. The number of rotatable bonds is 5. The van der Waals surface area contributed by atoms with Crippen LogP contribution in [0.3, 0.4) is 0 Å². The molecule has 7 heteroatoms. The topological polar surface area (TPSA) is 90.4 Å². The lowest BCUT2D eigenvalue weighted by Gasteiger charge is -2.59. The van der Waals surface area contributed by atoms with E-state index in [1.54, 1.807) is 6.26 Å². The summed E-state index contributed by atoms with van der Waals surface area (Å²) in [7, 11) is 1.86. The number of hydrogen-bond donors (Lipinski definition) is 1. The highest BCUT2D eigenvalue weighted by Gasteiger charge is 2.56. The maximum absolute atomic E-state index is 13.7. The molecule has 5 saturated carbocycles. The number of hydrogen-bond acceptors (Lipinski definition) is 6. The number of amides is 1. The average Bonchev–Trinajstić information content (AvgIpc) is 3.31. The SMILES string of the molecule is COC12CC3CC(C1)C(NC(=O)c1cc(-c4ccco4)nc4onc(C5CC5)c14)C(C3)C2. The number of nitrogens with zero attached hydrogens (tertiary/aromatic N) is 2. The van der Waals surface area contributed by atoms with E-state index in [0.717, 1.165) is 42.7 Å². The molecule has 2 unspecified atom stereocenters. The third-order valence-corrected chi connectivity index (χ3v) is 8.40. The Morgan fingerprint density at radius 1 is 1.22 bits per heavy atom. The molecule has 5 aliphatic rings. The normalized spacial score (nSPS) is 33.2. The van der Waals surface area contributed by atoms with Crippen LogP contribution in [0.2, 0.25) is 0 Å². The van der Waals surface area contributed by atoms with Crippen molar-refractivity contribution < 1.29 is 18.5 Å². The Balaban J connectivity index is 1.26. The Labute approximate surface area is 185 Å². The molecule has 1 amide bonds. The number of carbonyl (C=O) groups is 1. The number of nitrogens with one attached hydrogen (secondary N) is 1. The largest absolute Gasteiger partial charge is 0.463 e. The summed E-state index contributed by atoms with van der Waals surface area (Å²) in [4.78, 5) is 18.4. The van der Waals surface area contributed by atoms with Gasteiger partial charge < -0.3 is 19.0 Å². The van der Waals surface area contributed by atoms with E-state index in [4.69, 9.17) is 13.7 Å². The van der Waals surface area contributed by atoms with Gasteiger partial charge in [-0.3, -0.25) is 4.79 Å². The van der Waals surface area contributed by atoms with Gasteiger partial charge in [-0.25, -0.2) is 4.98 Å². The number of carbonyl (C=O) groups excluding carboxylic acids is 1. The van der Waals surface area contributed by atoms with Crippen molar-refractivity contribution in [1.29, 1.82) is 0 Å². The van der Waals surface area contributed by atoms with E-state index >= 15 is 0 Å². The van der Waals surface area contributed by atoms with Crippen molar-refractivity contribution in [2.24, 2.45) is 17.8 Å². The summed E-state index contributed by atoms with van der Waals surface area (Å²) in [5.41, 5.74) is 2.50. The average molecular weight is 434 g/mol. The molecule has 3 aromatic rings. The van der Waals surface area contributed by atoms with Crippen LogP contribution in [-0.2, 0) is 4.74 Å². The molecule has 2 atom stereocenters. The Hall–Kier alpha value is -2.67. The van der Waals surface area contributed by atoms with Crippen LogP contribution >= 0.6 is 0 Å². The lowest BCUT2D eigenvalue weighted by molar-refractivity contribution is -0.156. The summed E-state index contributed by atoms with van der Waals surface area (Å²) in [6.07, 6.45) is 9.42. The summed E-state index contributed by atoms with van der Waals surface area (Å²) < 4.78 is 17.1. The Bertz CT molecular complexity index is 1180. The molecule has 3 aromatic heterocycles. The third kappa shape index (κ3) is 2.80. The zero-order valence-electron chi connectivity index (χ0n) is 18.2. The van der Waals surface area contributed by atoms with Crippen molar-refractivity contribution in [3.05, 3.63) is 35.7 Å². The van der Waals surface area contributed by atoms with E-state index in [1.165, 1.54) is 19.3 Å². The predicted octanol–water partition coefficient (Wildman–Crippen LogP) is 4.68. The number of aromatic nitrogens is 2. The van der Waals surface area contributed by atoms with Crippen molar-refractivity contribution in [3.8, 4) is 11.5 Å². The molecule has 0 aromatic carbocycles. The predicted molar refractivity (Wildman–Crippen MR) is 116 cm³/mol. The van der Waals surface area contributed by atoms with Gasteiger partial charge in [0.25, 0.3) is 11.6 Å². The molecule has 0 saturated heterocycles. The van der Waals surface area contributed by atoms with Crippen LogP contribution in [0.25, 0.3) is 22.6 Å². The van der Waals surface area contributed by atoms with Gasteiger partial charge in [0.15, 0.2) is 5.76 Å². The summed E-state index contributed by atoms with van der Waals surface area (Å²) in [6.45, 7) is 0. The van der Waals surface area contributed by atoms with Gasteiger partial charge in [-0.05, 0) is 80.9 Å². The van der Waals surface area contributed by atoms with Gasteiger partial charge in [0.05, 0.1) is 28.5 Å². The van der Waals surface area contributed by atoms with Crippen molar-refractivity contribution in [2.45, 2.75) is 62.5 Å². The minimum absolute atomic E-state index is 0.0295. The first-order chi connectivity index (χ1) is 15.6. The highest BCUT2D eigenvalue weighted by Crippen LogP contribution is 2.57. The lowest BCUT2D eigenvalue weighted by Crippen LogP contribution is -2.62. The van der Waals surface area contributed by atoms with Crippen LogP contribution in [0, 0.1) is 17.8 Å². The van der Waals surface area contributed by atoms with Crippen LogP contribution in [0.1, 0.15) is 66.9 Å². The van der Waals surface area contributed by atoms with Gasteiger partial charge in [0.1, 0.15) is 5.69 Å². The summed E-state index contributed by atoms with van der Waals surface area (Å²) in [5, 5.41) is 8.50. The smallest absolute Gasteiger partial charge is 0.259 e. The third-order valence-electron chi connectivity index (χ3n) is 8.40. The summed E-state index contributed by atoms with van der Waals surface area (Å²) >= 11 is 0. The van der Waals surface area contributed by atoms with Crippen molar-refractivity contribution >= 4 is 17.0 Å². The number of pyridine rings is 1. The highest BCUT2D eigenvalue weighted by atomic mass is 16.5. The van der Waals surface area contributed by atoms with Crippen molar-refractivity contribution in [2.75, 3.05) is 7.11 Å². The fourth-order valence-electron chi connectivity index (χ4n) is 7.00. The molecule has 5 fully saturated rings. The molecule has 8 rings (SSSR count). The quantitative estimate of drug-likeness (QED) is 0.628. The first-order valence-corrected chi connectivity index (χ1v) is 11.8. The monoisotopic (exact) mass is 433 g/mol. The van der Waals surface area contributed by atoms with Crippen molar-refractivity contribution in [1.82, 2.24) is 15.5 Å². The first kappa shape index (κ1) is 18.9. The maximum atomic E-state index is 13.7. The van der Waals surface area contributed by atoms with Gasteiger partial charge >= 0.3 is 0 Å². The standard InChI is InChI=1S/C25H27N3O4/c1-30-25-10-13-7-15(11-25)21(16(8-13)12-25)27-23(29)17-9-18(19-3-2-6-31-19)26-24-20(17)22(28-32-24)14-4-5-14/h2-3,6,9,13-16,21H,4-5,7-8,10-12H2,1H3,(H,27,29). The Morgan fingerprint density at radius 3 is 2.72 bits per heavy atom. The summed E-state index contributed by atoms with van der Waals surface area (Å²) in [6, 6.07) is 5.70. The van der Waals surface area contributed by atoms with E-state index in [0.29, 0.717) is 40.5 Å². The van der Waals surface area contributed by atoms with Crippen LogP contribution in [0.5, 0.6) is 0 Å². The van der Waals surface area contributed by atoms with Crippen molar-refractivity contribution in [3.63, 3.8) is 0 Å². The molecule has 0 spiro atoms. The van der Waals surface area contributed by atoms with E-state index in [2.05, 4.69) is 15.5 Å². The Morgan fingerprint density at radius 2 is 2.03 bits per heavy atom. The van der Waals surface area contributed by atoms with Gasteiger partial charge in [-0.1, -0.05) is 5.16 Å². The molecule has 166 valence electrons. The summed E-state index contributed by atoms with van der Waals surface area (Å²) in [5.74, 6) is 2.62. The van der Waals surface area contributed by atoms with Gasteiger partial charge in [-0.15, -0.1) is 0 Å². The zero-order chi connectivity index (χ0) is 21.4. The second kappa shape index (κ2) is 6.67. The number of fused-ring (bicyclic) bond motifs is 1. The van der Waals surface area contributed by atoms with E-state index in [-0.39, 0.29) is 17.6 Å². The Kier molecular flexibility index (Phi) is 3.93. The van der Waals surface area contributed by atoms with E-state index in [1.807, 2.05) is 25.3 Å². The number of furan rings is 1. The second-order valence-corrected chi connectivity index (χ2v) is 10.4. The minimum atomic E-state index is -0.0563. The van der Waals surface area contributed by atoms with Crippen LogP contribution in [0.15, 0.2) is 33.4 Å². The van der Waals surface area contributed by atoms with Gasteiger partial charge in [0, 0.05) is 19.1 Å². The molecule has 0 aliphatic heterocycles. The lowest BCUT2D eigenvalue weighted by atomic mass is 9.52. The molecule has 3 heterocycles. The maximum Gasteiger partial charge on any atom is 0.259 e. The fraction of sp³-hybridized carbons (Fsp3) is 0.560. The molecule has 32 heavy (non-hydrogen) atoms. The second-order valence-electron chi connectivity index (χ2n) is 10.4. The molecule has 5 aliphatic carbocycles. The van der Waals surface area contributed by atoms with Crippen LogP contribution in [-0.4, -0.2) is 34.8 Å². The molecule has 4 bridgehead atoms. The van der Waals surface area contributed by atoms with Crippen LogP contribution in [0.4, 0.5) is 0 Å². The van der Waals surface area contributed by atoms with E-state index < -0.39 is 0 Å². The van der Waals surface area contributed by atoms with E-state index in [9.17, 15) is 4.79 Å². The zero-order valence-corrected chi connectivity index (χ0v) is 18.2. The highest BCUT2D eigenvalue weighted by molar-refractivity contribution is 6.07. The molecule has 7 nitrogen and oxygen atoms in total. The van der Waals surface area contributed by atoms with Gasteiger partial charge in [-0.2, -0.15) is 0 Å². The molecular weight excluding hydrogens is 406 g/mol. The van der Waals surface area contributed by atoms with Gasteiger partial charge in [0.2, 0.25) is 0 Å².